The van der Waals surface area contributed by atoms with Crippen LogP contribution >= 0.6 is 0 Å². The molecule has 5 heteroatoms. The number of pyridine rings is 2. The normalized spacial score (nSPS) is 15.4. The van der Waals surface area contributed by atoms with Crippen molar-refractivity contribution in [3.8, 4) is 17.0 Å². The first-order valence-corrected chi connectivity index (χ1v) is 8.99. The number of fused-ring (bicyclic) bond motifs is 1. The number of aryl methyl sites for hydroxylation is 1. The molecule has 1 aliphatic rings. The number of methoxy groups -OCH3 is 1. The molecule has 0 amide bonds. The van der Waals surface area contributed by atoms with E-state index in [1.807, 2.05) is 12.1 Å². The molecule has 3 aromatic rings. The molecule has 0 unspecified atom stereocenters. The van der Waals surface area contributed by atoms with Gasteiger partial charge in [-0.2, -0.15) is 0 Å². The number of piperazine rings is 1. The first-order chi connectivity index (χ1) is 12.7. The van der Waals surface area contributed by atoms with Crippen LogP contribution in [0.25, 0.3) is 22.2 Å². The Balaban J connectivity index is 1.81. The summed E-state index contributed by atoms with van der Waals surface area (Å²) in [5, 5.41) is 1.15. The average Bonchev–Trinajstić information content (AvgIpc) is 2.68. The minimum atomic E-state index is 0.829. The zero-order valence-electron chi connectivity index (χ0n) is 15.6. The molecule has 0 saturated carbocycles. The van der Waals surface area contributed by atoms with E-state index in [-0.39, 0.29) is 0 Å². The van der Waals surface area contributed by atoms with E-state index in [2.05, 4.69) is 47.0 Å². The minimum Gasteiger partial charge on any atom is -0.494 e. The number of aromatic nitrogens is 2. The van der Waals surface area contributed by atoms with Gasteiger partial charge in [0, 0.05) is 61.3 Å². The lowest BCUT2D eigenvalue weighted by Gasteiger charge is -2.34. The molecule has 2 aromatic heterocycles. The molecule has 4 rings (SSSR count). The summed E-state index contributed by atoms with van der Waals surface area (Å²) in [6.45, 7) is 6.37. The highest BCUT2D eigenvalue weighted by Crippen LogP contribution is 2.34. The molecule has 1 aromatic carbocycles. The fraction of sp³-hybridized carbons (Fsp3) is 0.333. The van der Waals surface area contributed by atoms with Crippen LogP contribution in [0.5, 0.6) is 5.75 Å². The quantitative estimate of drug-likeness (QED) is 0.726. The van der Waals surface area contributed by atoms with Crippen molar-refractivity contribution in [1.29, 1.82) is 0 Å². The van der Waals surface area contributed by atoms with Gasteiger partial charge < -0.3 is 14.5 Å². The van der Waals surface area contributed by atoms with Crippen LogP contribution in [0.1, 0.15) is 5.56 Å². The fourth-order valence-electron chi connectivity index (χ4n) is 3.52. The van der Waals surface area contributed by atoms with Crippen molar-refractivity contribution < 1.29 is 4.74 Å². The largest absolute Gasteiger partial charge is 0.494 e. The Labute approximate surface area is 154 Å². The molecule has 26 heavy (non-hydrogen) atoms. The third-order valence-electron chi connectivity index (χ3n) is 5.13. The standard InChI is InChI=1S/C21H24N4O/c1-15-12-19(16-4-6-22-7-5-16)23-21-18(15)13-17(14-20(21)26-3)25-10-8-24(2)9-11-25/h4-7,12-14H,8-11H2,1-3H3. The first kappa shape index (κ1) is 16.8. The summed E-state index contributed by atoms with van der Waals surface area (Å²) in [4.78, 5) is 13.8. The molecule has 0 aliphatic carbocycles. The predicted molar refractivity (Wildman–Crippen MR) is 106 cm³/mol. The number of ether oxygens (including phenoxy) is 1. The zero-order valence-corrected chi connectivity index (χ0v) is 15.6. The molecular formula is C21H24N4O. The summed E-state index contributed by atoms with van der Waals surface area (Å²) in [7, 11) is 3.89. The van der Waals surface area contributed by atoms with Gasteiger partial charge in [-0.25, -0.2) is 4.98 Å². The minimum absolute atomic E-state index is 0.829. The van der Waals surface area contributed by atoms with E-state index in [1.165, 1.54) is 11.3 Å². The molecule has 1 saturated heterocycles. The Morgan fingerprint density at radius 3 is 2.42 bits per heavy atom. The number of hydrogen-bond acceptors (Lipinski definition) is 5. The first-order valence-electron chi connectivity index (χ1n) is 8.99. The Morgan fingerprint density at radius 1 is 1.00 bits per heavy atom. The van der Waals surface area contributed by atoms with Gasteiger partial charge in [0.25, 0.3) is 0 Å². The SMILES string of the molecule is COc1cc(N2CCN(C)CC2)cc2c(C)cc(-c3ccncc3)nc12. The van der Waals surface area contributed by atoms with Gasteiger partial charge >= 0.3 is 0 Å². The van der Waals surface area contributed by atoms with Gasteiger partial charge in [-0.1, -0.05) is 0 Å². The van der Waals surface area contributed by atoms with E-state index in [0.717, 1.165) is 54.1 Å². The second kappa shape index (κ2) is 6.92. The summed E-state index contributed by atoms with van der Waals surface area (Å²) in [5.74, 6) is 0.829. The Hall–Kier alpha value is -2.66. The van der Waals surface area contributed by atoms with Gasteiger partial charge in [0.2, 0.25) is 0 Å². The molecule has 1 aliphatic heterocycles. The lowest BCUT2D eigenvalue weighted by molar-refractivity contribution is 0.312. The van der Waals surface area contributed by atoms with Crippen molar-refractivity contribution in [2.24, 2.45) is 0 Å². The number of hydrogen-bond donors (Lipinski definition) is 0. The van der Waals surface area contributed by atoms with Crippen LogP contribution in [0, 0.1) is 6.92 Å². The van der Waals surface area contributed by atoms with Crippen LogP contribution in [-0.2, 0) is 0 Å². The van der Waals surface area contributed by atoms with Gasteiger partial charge in [0.05, 0.1) is 12.8 Å². The van der Waals surface area contributed by atoms with E-state index in [0.29, 0.717) is 0 Å². The maximum Gasteiger partial charge on any atom is 0.147 e. The average molecular weight is 348 g/mol. The third-order valence-corrected chi connectivity index (χ3v) is 5.13. The monoisotopic (exact) mass is 348 g/mol. The van der Waals surface area contributed by atoms with Crippen molar-refractivity contribution in [3.05, 3.63) is 48.3 Å². The van der Waals surface area contributed by atoms with Gasteiger partial charge in [-0.3, -0.25) is 4.98 Å². The summed E-state index contributed by atoms with van der Waals surface area (Å²) < 4.78 is 5.71. The zero-order chi connectivity index (χ0) is 18.1. The van der Waals surface area contributed by atoms with E-state index in [9.17, 15) is 0 Å². The molecule has 5 nitrogen and oxygen atoms in total. The highest BCUT2D eigenvalue weighted by atomic mass is 16.5. The van der Waals surface area contributed by atoms with Crippen molar-refractivity contribution in [2.75, 3.05) is 45.2 Å². The predicted octanol–water partition coefficient (Wildman–Crippen LogP) is 3.37. The van der Waals surface area contributed by atoms with Crippen LogP contribution in [0.4, 0.5) is 5.69 Å². The Kier molecular flexibility index (Phi) is 4.47. The second-order valence-corrected chi connectivity index (χ2v) is 6.89. The molecule has 0 radical (unpaired) electrons. The van der Waals surface area contributed by atoms with Crippen LogP contribution in [0.15, 0.2) is 42.7 Å². The number of rotatable bonds is 3. The van der Waals surface area contributed by atoms with E-state index < -0.39 is 0 Å². The van der Waals surface area contributed by atoms with Gasteiger partial charge in [0.1, 0.15) is 11.3 Å². The highest BCUT2D eigenvalue weighted by molar-refractivity contribution is 5.92. The van der Waals surface area contributed by atoms with Crippen molar-refractivity contribution in [1.82, 2.24) is 14.9 Å². The lowest BCUT2D eigenvalue weighted by atomic mass is 10.0. The Bertz CT molecular complexity index is 918. The van der Waals surface area contributed by atoms with Gasteiger partial charge in [0.15, 0.2) is 0 Å². The topological polar surface area (TPSA) is 41.5 Å². The number of likely N-dealkylation sites (N-methyl/N-ethyl adjacent to an activating group) is 1. The Morgan fingerprint density at radius 2 is 1.73 bits per heavy atom. The fourth-order valence-corrected chi connectivity index (χ4v) is 3.52. The molecule has 0 spiro atoms. The van der Waals surface area contributed by atoms with Gasteiger partial charge in [-0.15, -0.1) is 0 Å². The lowest BCUT2D eigenvalue weighted by Crippen LogP contribution is -2.44. The molecular weight excluding hydrogens is 324 g/mol. The summed E-state index contributed by atoms with van der Waals surface area (Å²) >= 11 is 0. The van der Waals surface area contributed by atoms with E-state index >= 15 is 0 Å². The molecule has 0 N–H and O–H groups in total. The summed E-state index contributed by atoms with van der Waals surface area (Å²) in [6, 6.07) is 10.5. The summed E-state index contributed by atoms with van der Waals surface area (Å²) in [5.41, 5.74) is 5.34. The third kappa shape index (κ3) is 3.10. The number of nitrogens with zero attached hydrogens (tertiary/aromatic N) is 4. The number of anilines is 1. The molecule has 0 atom stereocenters. The maximum atomic E-state index is 5.71. The molecule has 3 heterocycles. The van der Waals surface area contributed by atoms with Gasteiger partial charge in [-0.05, 0) is 43.8 Å². The van der Waals surface area contributed by atoms with Crippen LogP contribution in [-0.4, -0.2) is 55.2 Å². The molecule has 134 valence electrons. The van der Waals surface area contributed by atoms with Crippen LogP contribution in [0.3, 0.4) is 0 Å². The van der Waals surface area contributed by atoms with Crippen molar-refractivity contribution >= 4 is 16.6 Å². The summed E-state index contributed by atoms with van der Waals surface area (Å²) in [6.07, 6.45) is 3.59. The maximum absolute atomic E-state index is 5.71. The van der Waals surface area contributed by atoms with E-state index in [4.69, 9.17) is 9.72 Å². The molecule has 1 fully saturated rings. The van der Waals surface area contributed by atoms with Crippen molar-refractivity contribution in [3.63, 3.8) is 0 Å². The van der Waals surface area contributed by atoms with E-state index in [1.54, 1.807) is 19.5 Å². The van der Waals surface area contributed by atoms with Crippen molar-refractivity contribution in [2.45, 2.75) is 6.92 Å². The molecule has 0 bridgehead atoms. The smallest absolute Gasteiger partial charge is 0.147 e. The highest BCUT2D eigenvalue weighted by Gasteiger charge is 2.18. The van der Waals surface area contributed by atoms with Crippen LogP contribution < -0.4 is 9.64 Å². The van der Waals surface area contributed by atoms with Crippen LogP contribution in [0.2, 0.25) is 0 Å². The second-order valence-electron chi connectivity index (χ2n) is 6.89. The number of benzene rings is 1.